The lowest BCUT2D eigenvalue weighted by molar-refractivity contribution is 0.187. The van der Waals surface area contributed by atoms with Crippen molar-refractivity contribution in [2.45, 2.75) is 0 Å². The predicted octanol–water partition coefficient (Wildman–Crippen LogP) is 5.45. The molecule has 0 spiro atoms. The second-order valence-electron chi connectivity index (χ2n) is 4.44. The number of ether oxygens (including phenoxy) is 1. The number of methoxy groups -OCH3 is 1. The van der Waals surface area contributed by atoms with Crippen molar-refractivity contribution < 1.29 is 9.53 Å². The van der Waals surface area contributed by atoms with Crippen LogP contribution in [0.15, 0.2) is 36.4 Å². The molecule has 0 atom stereocenters. The number of aromatic nitrogens is 1. The van der Waals surface area contributed by atoms with E-state index in [0.717, 1.165) is 20.8 Å². The summed E-state index contributed by atoms with van der Waals surface area (Å²) >= 11 is 13.7. The van der Waals surface area contributed by atoms with Gasteiger partial charge in [-0.3, -0.25) is 5.32 Å². The summed E-state index contributed by atoms with van der Waals surface area (Å²) in [5.41, 5.74) is 2.14. The molecule has 0 saturated heterocycles. The number of carbonyl (C=O) groups excluding carboxylic acids is 1. The molecule has 0 aliphatic carbocycles. The maximum absolute atomic E-state index is 11.3. The molecule has 0 saturated carbocycles. The van der Waals surface area contributed by atoms with Gasteiger partial charge in [0.05, 0.1) is 22.3 Å². The monoisotopic (exact) mass is 352 g/mol. The van der Waals surface area contributed by atoms with Crippen molar-refractivity contribution in [3.8, 4) is 10.6 Å². The predicted molar refractivity (Wildman–Crippen MR) is 91.1 cm³/mol. The highest BCUT2D eigenvalue weighted by Crippen LogP contribution is 2.36. The van der Waals surface area contributed by atoms with Gasteiger partial charge < -0.3 is 4.74 Å². The fourth-order valence-electron chi connectivity index (χ4n) is 1.95. The highest BCUT2D eigenvalue weighted by atomic mass is 35.5. The number of rotatable bonds is 2. The summed E-state index contributed by atoms with van der Waals surface area (Å²) in [7, 11) is 1.31. The molecule has 0 aliphatic rings. The van der Waals surface area contributed by atoms with Gasteiger partial charge in [0.1, 0.15) is 5.01 Å². The summed E-state index contributed by atoms with van der Waals surface area (Å²) in [5, 5.41) is 4.56. The molecular weight excluding hydrogens is 343 g/mol. The third-order valence-corrected chi connectivity index (χ3v) is 4.61. The van der Waals surface area contributed by atoms with E-state index in [4.69, 9.17) is 23.2 Å². The summed E-state index contributed by atoms with van der Waals surface area (Å²) in [5.74, 6) is 0. The van der Waals surface area contributed by atoms with Crippen molar-refractivity contribution in [2.24, 2.45) is 0 Å². The number of nitrogens with one attached hydrogen (secondary N) is 1. The minimum absolute atomic E-state index is 0.538. The second-order valence-corrected chi connectivity index (χ2v) is 6.32. The van der Waals surface area contributed by atoms with Crippen LogP contribution in [0.1, 0.15) is 0 Å². The van der Waals surface area contributed by atoms with Crippen molar-refractivity contribution in [3.63, 3.8) is 0 Å². The summed E-state index contributed by atoms with van der Waals surface area (Å²) in [6.07, 6.45) is -0.538. The molecule has 0 aliphatic heterocycles. The fourth-order valence-corrected chi connectivity index (χ4v) is 3.36. The number of hydrogen-bond donors (Lipinski definition) is 1. The first-order valence-electron chi connectivity index (χ1n) is 6.28. The number of amides is 1. The summed E-state index contributed by atoms with van der Waals surface area (Å²) < 4.78 is 5.60. The van der Waals surface area contributed by atoms with Crippen molar-refractivity contribution in [1.82, 2.24) is 4.98 Å². The Morgan fingerprint density at radius 1 is 1.23 bits per heavy atom. The van der Waals surface area contributed by atoms with Crippen LogP contribution >= 0.6 is 34.5 Å². The van der Waals surface area contributed by atoms with Gasteiger partial charge in [0.15, 0.2) is 0 Å². The molecule has 7 heteroatoms. The number of hydrogen-bond acceptors (Lipinski definition) is 4. The van der Waals surface area contributed by atoms with Crippen LogP contribution in [0.5, 0.6) is 0 Å². The quantitative estimate of drug-likeness (QED) is 0.667. The lowest BCUT2D eigenvalue weighted by Crippen LogP contribution is -2.10. The summed E-state index contributed by atoms with van der Waals surface area (Å²) in [4.78, 5) is 15.8. The standard InChI is InChI=1S/C15H10Cl2N2O2S/c1-21-15(20)18-9-3-4-11(17)10(7-9)14-19-12-6-8(16)2-5-13(12)22-14/h2-7H,1H3,(H,18,20). The molecule has 1 heterocycles. The maximum Gasteiger partial charge on any atom is 0.411 e. The number of halogens is 2. The van der Waals surface area contributed by atoms with Crippen LogP contribution in [-0.4, -0.2) is 18.2 Å². The molecule has 4 nitrogen and oxygen atoms in total. The van der Waals surface area contributed by atoms with Crippen LogP contribution in [0.3, 0.4) is 0 Å². The van der Waals surface area contributed by atoms with E-state index in [1.54, 1.807) is 24.3 Å². The van der Waals surface area contributed by atoms with Crippen LogP contribution < -0.4 is 5.32 Å². The van der Waals surface area contributed by atoms with Crippen LogP contribution in [0, 0.1) is 0 Å². The van der Waals surface area contributed by atoms with Gasteiger partial charge in [-0.05, 0) is 36.4 Å². The second kappa shape index (κ2) is 6.12. The smallest absolute Gasteiger partial charge is 0.411 e. The lowest BCUT2D eigenvalue weighted by Gasteiger charge is -2.06. The van der Waals surface area contributed by atoms with E-state index in [1.165, 1.54) is 18.4 Å². The number of anilines is 1. The Labute approximate surface area is 140 Å². The summed E-state index contributed by atoms with van der Waals surface area (Å²) in [6.45, 7) is 0. The van der Waals surface area contributed by atoms with E-state index in [9.17, 15) is 4.79 Å². The van der Waals surface area contributed by atoms with E-state index < -0.39 is 6.09 Å². The Balaban J connectivity index is 2.04. The van der Waals surface area contributed by atoms with E-state index in [-0.39, 0.29) is 0 Å². The first-order chi connectivity index (χ1) is 10.6. The van der Waals surface area contributed by atoms with E-state index in [0.29, 0.717) is 15.7 Å². The van der Waals surface area contributed by atoms with Crippen LogP contribution in [-0.2, 0) is 4.74 Å². The van der Waals surface area contributed by atoms with E-state index in [1.807, 2.05) is 12.1 Å². The maximum atomic E-state index is 11.3. The highest BCUT2D eigenvalue weighted by molar-refractivity contribution is 7.21. The molecule has 22 heavy (non-hydrogen) atoms. The number of carbonyl (C=O) groups is 1. The first kappa shape index (κ1) is 15.1. The molecule has 112 valence electrons. The first-order valence-corrected chi connectivity index (χ1v) is 7.85. The minimum Gasteiger partial charge on any atom is -0.453 e. The molecule has 2 aromatic carbocycles. The van der Waals surface area contributed by atoms with Crippen molar-refractivity contribution in [2.75, 3.05) is 12.4 Å². The highest BCUT2D eigenvalue weighted by Gasteiger charge is 2.12. The van der Waals surface area contributed by atoms with Gasteiger partial charge in [-0.25, -0.2) is 9.78 Å². The molecule has 0 unspecified atom stereocenters. The molecular formula is C15H10Cl2N2O2S. The fraction of sp³-hybridized carbons (Fsp3) is 0.0667. The van der Waals surface area contributed by atoms with Gasteiger partial charge in [-0.1, -0.05) is 23.2 Å². The lowest BCUT2D eigenvalue weighted by atomic mass is 10.2. The average Bonchev–Trinajstić information content (AvgIpc) is 2.91. The molecule has 0 fully saturated rings. The molecule has 3 rings (SSSR count). The Bertz CT molecular complexity index is 864. The molecule has 0 radical (unpaired) electrons. The van der Waals surface area contributed by atoms with Crippen molar-refractivity contribution in [1.29, 1.82) is 0 Å². The van der Waals surface area contributed by atoms with Crippen molar-refractivity contribution in [3.05, 3.63) is 46.4 Å². The number of benzene rings is 2. The zero-order valence-electron chi connectivity index (χ0n) is 11.4. The van der Waals surface area contributed by atoms with Gasteiger partial charge in [-0.15, -0.1) is 11.3 Å². The molecule has 1 N–H and O–H groups in total. The third-order valence-electron chi connectivity index (χ3n) is 2.98. The van der Waals surface area contributed by atoms with Gasteiger partial charge in [-0.2, -0.15) is 0 Å². The van der Waals surface area contributed by atoms with E-state index >= 15 is 0 Å². The van der Waals surface area contributed by atoms with Gasteiger partial charge in [0.25, 0.3) is 0 Å². The Kier molecular flexibility index (Phi) is 4.20. The Morgan fingerprint density at radius 2 is 2.05 bits per heavy atom. The largest absolute Gasteiger partial charge is 0.453 e. The molecule has 0 bridgehead atoms. The topological polar surface area (TPSA) is 51.2 Å². The van der Waals surface area contributed by atoms with Gasteiger partial charge in [0, 0.05) is 16.3 Å². The third kappa shape index (κ3) is 3.02. The average molecular weight is 353 g/mol. The molecule has 3 aromatic rings. The number of nitrogens with zero attached hydrogens (tertiary/aromatic N) is 1. The zero-order chi connectivity index (χ0) is 15.7. The van der Waals surface area contributed by atoms with Gasteiger partial charge >= 0.3 is 6.09 Å². The molecule has 1 amide bonds. The van der Waals surface area contributed by atoms with Crippen LogP contribution in [0.25, 0.3) is 20.8 Å². The van der Waals surface area contributed by atoms with Crippen LogP contribution in [0.4, 0.5) is 10.5 Å². The van der Waals surface area contributed by atoms with Crippen molar-refractivity contribution >= 4 is 56.5 Å². The van der Waals surface area contributed by atoms with Gasteiger partial charge in [0.2, 0.25) is 0 Å². The zero-order valence-corrected chi connectivity index (χ0v) is 13.7. The summed E-state index contributed by atoms with van der Waals surface area (Å²) in [6, 6.07) is 10.7. The van der Waals surface area contributed by atoms with Crippen LogP contribution in [0.2, 0.25) is 10.0 Å². The van der Waals surface area contributed by atoms with E-state index in [2.05, 4.69) is 15.0 Å². The molecule has 1 aromatic heterocycles. The minimum atomic E-state index is -0.538. The Hall–Kier alpha value is -1.82. The Morgan fingerprint density at radius 3 is 2.82 bits per heavy atom. The number of fused-ring (bicyclic) bond motifs is 1. The number of thiazole rings is 1. The SMILES string of the molecule is COC(=O)Nc1ccc(Cl)c(-c2nc3cc(Cl)ccc3s2)c1. The normalized spacial score (nSPS) is 10.7.